The second-order valence-corrected chi connectivity index (χ2v) is 6.65. The Morgan fingerprint density at radius 2 is 2.25 bits per heavy atom. The molecular formula is C18H24N4O2. The summed E-state index contributed by atoms with van der Waals surface area (Å²) in [5.74, 6) is 0.941. The minimum atomic E-state index is -0.0225. The predicted octanol–water partition coefficient (Wildman–Crippen LogP) is 2.45. The molecule has 0 radical (unpaired) electrons. The molecule has 3 heterocycles. The lowest BCUT2D eigenvalue weighted by atomic mass is 9.94. The molecule has 0 unspecified atom stereocenters. The van der Waals surface area contributed by atoms with Crippen LogP contribution in [-0.2, 0) is 0 Å². The molecule has 0 spiro atoms. The monoisotopic (exact) mass is 328 g/mol. The molecule has 1 fully saturated rings. The van der Waals surface area contributed by atoms with Crippen molar-refractivity contribution in [3.63, 3.8) is 0 Å². The molecule has 2 aromatic heterocycles. The highest BCUT2D eigenvalue weighted by Crippen LogP contribution is 2.36. The third-order valence-corrected chi connectivity index (χ3v) is 4.90. The second kappa shape index (κ2) is 6.73. The van der Waals surface area contributed by atoms with E-state index in [1.165, 1.54) is 5.56 Å². The van der Waals surface area contributed by atoms with Gasteiger partial charge in [-0.1, -0.05) is 11.2 Å². The average molecular weight is 328 g/mol. The zero-order chi connectivity index (χ0) is 17.3. The summed E-state index contributed by atoms with van der Waals surface area (Å²) in [6.45, 7) is 5.31. The van der Waals surface area contributed by atoms with E-state index in [0.717, 1.165) is 13.0 Å². The molecule has 1 aliphatic heterocycles. The van der Waals surface area contributed by atoms with Crippen molar-refractivity contribution in [2.45, 2.75) is 26.3 Å². The summed E-state index contributed by atoms with van der Waals surface area (Å²) in [7, 11) is 3.99. The van der Waals surface area contributed by atoms with Gasteiger partial charge in [0, 0.05) is 32.0 Å². The molecule has 1 aliphatic rings. The molecule has 128 valence electrons. The number of amides is 1. The van der Waals surface area contributed by atoms with E-state index in [1.54, 1.807) is 24.9 Å². The third kappa shape index (κ3) is 3.06. The molecule has 0 saturated carbocycles. The second-order valence-electron chi connectivity index (χ2n) is 6.65. The van der Waals surface area contributed by atoms with Crippen LogP contribution in [-0.4, -0.2) is 53.0 Å². The lowest BCUT2D eigenvalue weighted by molar-refractivity contribution is 0.0758. The summed E-state index contributed by atoms with van der Waals surface area (Å²) < 4.78 is 5.13. The van der Waals surface area contributed by atoms with Gasteiger partial charge in [0.15, 0.2) is 0 Å². The lowest BCUT2D eigenvalue weighted by Gasteiger charge is -2.28. The van der Waals surface area contributed by atoms with Crippen LogP contribution in [0.15, 0.2) is 29.0 Å². The molecule has 0 N–H and O–H groups in total. The predicted molar refractivity (Wildman–Crippen MR) is 90.7 cm³/mol. The van der Waals surface area contributed by atoms with Crippen LogP contribution in [0.2, 0.25) is 0 Å². The fourth-order valence-corrected chi connectivity index (χ4v) is 3.71. The van der Waals surface area contributed by atoms with Gasteiger partial charge in [-0.15, -0.1) is 0 Å². The van der Waals surface area contributed by atoms with E-state index >= 15 is 0 Å². The Morgan fingerprint density at radius 1 is 1.46 bits per heavy atom. The zero-order valence-corrected chi connectivity index (χ0v) is 14.7. The van der Waals surface area contributed by atoms with Gasteiger partial charge in [-0.25, -0.2) is 0 Å². The number of hydrogen-bond acceptors (Lipinski definition) is 5. The number of likely N-dealkylation sites (tertiary alicyclic amines) is 1. The molecule has 1 saturated heterocycles. The van der Waals surface area contributed by atoms with Crippen molar-refractivity contribution in [3.8, 4) is 0 Å². The Hall–Kier alpha value is -2.21. The van der Waals surface area contributed by atoms with Crippen molar-refractivity contribution in [2.75, 3.05) is 27.2 Å². The van der Waals surface area contributed by atoms with Crippen LogP contribution < -0.4 is 0 Å². The smallest absolute Gasteiger partial charge is 0.259 e. The summed E-state index contributed by atoms with van der Waals surface area (Å²) in [4.78, 5) is 21.1. The Balaban J connectivity index is 1.76. The molecule has 0 bridgehead atoms. The Bertz CT molecular complexity index is 694. The first-order valence-corrected chi connectivity index (χ1v) is 8.27. The molecule has 0 aromatic carbocycles. The summed E-state index contributed by atoms with van der Waals surface area (Å²) in [6.07, 6.45) is 4.78. The quantitative estimate of drug-likeness (QED) is 0.863. The first-order valence-electron chi connectivity index (χ1n) is 8.27. The molecule has 3 rings (SSSR count). The Labute approximate surface area is 142 Å². The molecule has 2 atom stereocenters. The number of carbonyl (C=O) groups excluding carboxylic acids is 1. The summed E-state index contributed by atoms with van der Waals surface area (Å²) in [6, 6.07) is 4.37. The maximum Gasteiger partial charge on any atom is 0.259 e. The number of pyridine rings is 1. The average Bonchev–Trinajstić information content (AvgIpc) is 3.10. The van der Waals surface area contributed by atoms with Gasteiger partial charge in [-0.2, -0.15) is 0 Å². The van der Waals surface area contributed by atoms with Crippen LogP contribution in [0.4, 0.5) is 0 Å². The maximum atomic E-state index is 12.8. The van der Waals surface area contributed by atoms with Crippen LogP contribution in [0.25, 0.3) is 0 Å². The Kier molecular flexibility index (Phi) is 4.66. The van der Waals surface area contributed by atoms with Gasteiger partial charge in [0.1, 0.15) is 11.3 Å². The number of rotatable bonds is 4. The summed E-state index contributed by atoms with van der Waals surface area (Å²) in [5, 5.41) is 3.89. The highest BCUT2D eigenvalue weighted by molar-refractivity contribution is 5.95. The van der Waals surface area contributed by atoms with Gasteiger partial charge < -0.3 is 9.42 Å². The van der Waals surface area contributed by atoms with Gasteiger partial charge in [0.2, 0.25) is 0 Å². The molecule has 24 heavy (non-hydrogen) atoms. The van der Waals surface area contributed by atoms with Crippen LogP contribution in [0.5, 0.6) is 0 Å². The largest absolute Gasteiger partial charge is 0.361 e. The van der Waals surface area contributed by atoms with Crippen molar-refractivity contribution >= 4 is 5.91 Å². The highest BCUT2D eigenvalue weighted by atomic mass is 16.5. The molecule has 1 amide bonds. The van der Waals surface area contributed by atoms with Crippen molar-refractivity contribution < 1.29 is 9.32 Å². The number of aromatic nitrogens is 2. The summed E-state index contributed by atoms with van der Waals surface area (Å²) >= 11 is 0. The van der Waals surface area contributed by atoms with Gasteiger partial charge in [-0.3, -0.25) is 14.7 Å². The van der Waals surface area contributed by atoms with E-state index in [2.05, 4.69) is 28.2 Å². The van der Waals surface area contributed by atoms with Gasteiger partial charge >= 0.3 is 0 Å². The van der Waals surface area contributed by atoms with E-state index in [4.69, 9.17) is 4.52 Å². The van der Waals surface area contributed by atoms with Crippen LogP contribution >= 0.6 is 0 Å². The Morgan fingerprint density at radius 3 is 2.88 bits per heavy atom. The minimum absolute atomic E-state index is 0.0225. The SMILES string of the molecule is Cc1noc(C)c1C(=O)N(C)C[C@@H]1CCN(C)[C@H]1c1cccnc1. The number of carbonyl (C=O) groups is 1. The van der Waals surface area contributed by atoms with Crippen LogP contribution in [0.3, 0.4) is 0 Å². The van der Waals surface area contributed by atoms with E-state index in [1.807, 2.05) is 19.3 Å². The molecular weight excluding hydrogens is 304 g/mol. The van der Waals surface area contributed by atoms with Crippen molar-refractivity contribution in [1.82, 2.24) is 19.9 Å². The van der Waals surface area contributed by atoms with E-state index in [-0.39, 0.29) is 5.91 Å². The maximum absolute atomic E-state index is 12.8. The molecule has 2 aromatic rings. The van der Waals surface area contributed by atoms with Gasteiger partial charge in [-0.05, 0) is 51.4 Å². The topological polar surface area (TPSA) is 62.5 Å². The first kappa shape index (κ1) is 16.6. The van der Waals surface area contributed by atoms with Crippen molar-refractivity contribution in [2.24, 2.45) is 5.92 Å². The van der Waals surface area contributed by atoms with Crippen LogP contribution in [0, 0.1) is 19.8 Å². The first-order chi connectivity index (χ1) is 11.5. The summed E-state index contributed by atoms with van der Waals surface area (Å²) in [5.41, 5.74) is 2.44. The highest BCUT2D eigenvalue weighted by Gasteiger charge is 2.35. The zero-order valence-electron chi connectivity index (χ0n) is 14.7. The van der Waals surface area contributed by atoms with Crippen LogP contribution in [0.1, 0.15) is 39.8 Å². The fourth-order valence-electron chi connectivity index (χ4n) is 3.71. The number of hydrogen-bond donors (Lipinski definition) is 0. The van der Waals surface area contributed by atoms with E-state index in [0.29, 0.717) is 35.5 Å². The number of nitrogens with zero attached hydrogens (tertiary/aromatic N) is 4. The van der Waals surface area contributed by atoms with E-state index < -0.39 is 0 Å². The molecule has 6 heteroatoms. The number of aryl methyl sites for hydroxylation is 2. The lowest BCUT2D eigenvalue weighted by Crippen LogP contribution is -2.34. The molecule has 0 aliphatic carbocycles. The molecule has 6 nitrogen and oxygen atoms in total. The normalized spacial score (nSPS) is 21.2. The van der Waals surface area contributed by atoms with Gasteiger partial charge in [0.05, 0.1) is 5.69 Å². The van der Waals surface area contributed by atoms with Crippen molar-refractivity contribution in [3.05, 3.63) is 47.1 Å². The fraction of sp³-hybridized carbons (Fsp3) is 0.500. The van der Waals surface area contributed by atoms with E-state index in [9.17, 15) is 4.79 Å². The minimum Gasteiger partial charge on any atom is -0.361 e. The third-order valence-electron chi connectivity index (χ3n) is 4.90. The van der Waals surface area contributed by atoms with Gasteiger partial charge in [0.25, 0.3) is 5.91 Å². The van der Waals surface area contributed by atoms with Crippen molar-refractivity contribution in [1.29, 1.82) is 0 Å². The standard InChI is InChI=1S/C18H24N4O2/c1-12-16(13(2)24-20-12)18(23)22(4)11-15-7-9-21(3)17(15)14-6-5-8-19-10-14/h5-6,8,10,15,17H,7,9,11H2,1-4H3/t15-,17-/m0/s1.